The highest BCUT2D eigenvalue weighted by Gasteiger charge is 2.17. The van der Waals surface area contributed by atoms with Crippen LogP contribution in [0.4, 0.5) is 0 Å². The molecule has 20 heavy (non-hydrogen) atoms. The van der Waals surface area contributed by atoms with Gasteiger partial charge in [0.05, 0.1) is 6.54 Å². The second-order valence-electron chi connectivity index (χ2n) is 4.00. The van der Waals surface area contributed by atoms with Crippen molar-refractivity contribution in [3.8, 4) is 5.75 Å². The maximum absolute atomic E-state index is 11.2. The first kappa shape index (κ1) is 14.1. The van der Waals surface area contributed by atoms with Crippen LogP contribution in [0.2, 0.25) is 0 Å². The highest BCUT2D eigenvalue weighted by molar-refractivity contribution is 8.18. The number of carbonyl (C=O) groups is 2. The molecule has 0 radical (unpaired) electrons. The van der Waals surface area contributed by atoms with Crippen molar-refractivity contribution < 1.29 is 19.8 Å². The number of phenolic OH excluding ortho intramolecular Hbond substituents is 1. The number of hydrogen-bond acceptors (Lipinski definition) is 5. The third kappa shape index (κ3) is 3.86. The Morgan fingerprint density at radius 1 is 1.45 bits per heavy atom. The smallest absolute Gasteiger partial charge is 0.342 e. The molecule has 1 aromatic rings. The van der Waals surface area contributed by atoms with Crippen molar-refractivity contribution in [2.75, 3.05) is 6.54 Å². The number of nitrogens with zero attached hydrogens (tertiary/aromatic N) is 1. The van der Waals surface area contributed by atoms with Crippen LogP contribution in [0.25, 0.3) is 6.08 Å². The number of carboxylic acid groups (broad SMARTS) is 1. The Morgan fingerprint density at radius 3 is 2.90 bits per heavy atom. The van der Waals surface area contributed by atoms with Gasteiger partial charge in [-0.05, 0) is 35.5 Å². The van der Waals surface area contributed by atoms with Gasteiger partial charge in [0, 0.05) is 6.42 Å². The summed E-state index contributed by atoms with van der Waals surface area (Å²) in [7, 11) is 0. The molecular formula is C13H12N2O4S. The van der Waals surface area contributed by atoms with Gasteiger partial charge in [-0.3, -0.25) is 9.79 Å². The van der Waals surface area contributed by atoms with Gasteiger partial charge in [-0.2, -0.15) is 0 Å². The normalized spacial score (nSPS) is 15.5. The highest BCUT2D eigenvalue weighted by atomic mass is 32.2. The lowest BCUT2D eigenvalue weighted by atomic mass is 10.2. The molecule has 0 aliphatic carbocycles. The van der Waals surface area contributed by atoms with Gasteiger partial charge >= 0.3 is 5.97 Å². The average Bonchev–Trinajstić information content (AvgIpc) is 2.38. The zero-order chi connectivity index (χ0) is 14.5. The van der Waals surface area contributed by atoms with Crippen molar-refractivity contribution >= 4 is 34.9 Å². The van der Waals surface area contributed by atoms with E-state index in [1.165, 1.54) is 18.2 Å². The molecule has 2 rings (SSSR count). The maximum Gasteiger partial charge on any atom is 0.342 e. The monoisotopic (exact) mass is 292 g/mol. The number of phenols is 1. The van der Waals surface area contributed by atoms with Crippen LogP contribution in [0.5, 0.6) is 5.75 Å². The summed E-state index contributed by atoms with van der Waals surface area (Å²) in [5.41, 5.74) is 0.553. The molecule has 3 N–H and O–H groups in total. The predicted molar refractivity (Wildman–Crippen MR) is 76.4 cm³/mol. The summed E-state index contributed by atoms with van der Waals surface area (Å²) in [6, 6.07) is 6.23. The fourth-order valence-corrected chi connectivity index (χ4v) is 2.35. The first-order valence-corrected chi connectivity index (χ1v) is 6.62. The van der Waals surface area contributed by atoms with E-state index in [-0.39, 0.29) is 21.7 Å². The van der Waals surface area contributed by atoms with E-state index in [1.54, 1.807) is 12.1 Å². The molecule has 0 saturated heterocycles. The lowest BCUT2D eigenvalue weighted by molar-refractivity contribution is -0.131. The summed E-state index contributed by atoms with van der Waals surface area (Å²) in [5, 5.41) is 21.3. The van der Waals surface area contributed by atoms with Crippen LogP contribution >= 0.6 is 11.8 Å². The number of thioether (sulfide) groups is 1. The van der Waals surface area contributed by atoms with E-state index in [2.05, 4.69) is 10.3 Å². The molecule has 1 amide bonds. The third-order valence-electron chi connectivity index (χ3n) is 2.43. The number of hydrogen-bond donors (Lipinski definition) is 3. The largest absolute Gasteiger partial charge is 0.508 e. The molecule has 104 valence electrons. The van der Waals surface area contributed by atoms with Crippen molar-refractivity contribution in [1.82, 2.24) is 5.32 Å². The molecule has 0 fully saturated rings. The molecule has 1 aliphatic rings. The first-order chi connectivity index (χ1) is 9.54. The first-order valence-electron chi connectivity index (χ1n) is 5.81. The van der Waals surface area contributed by atoms with Gasteiger partial charge in [-0.15, -0.1) is 0 Å². The van der Waals surface area contributed by atoms with Gasteiger partial charge in [-0.25, -0.2) is 4.79 Å². The van der Waals surface area contributed by atoms with Crippen LogP contribution in [0, 0.1) is 0 Å². The van der Waals surface area contributed by atoms with Crippen LogP contribution < -0.4 is 5.32 Å². The van der Waals surface area contributed by atoms with Gasteiger partial charge in [-0.1, -0.05) is 12.1 Å². The van der Waals surface area contributed by atoms with Gasteiger partial charge < -0.3 is 15.5 Å². The minimum atomic E-state index is -1.12. The molecule has 1 aromatic carbocycles. The van der Waals surface area contributed by atoms with Gasteiger partial charge in [0.1, 0.15) is 10.7 Å². The minimum absolute atomic E-state index is 0.0107. The van der Waals surface area contributed by atoms with Gasteiger partial charge in [0.2, 0.25) is 5.91 Å². The number of carboxylic acids is 1. The van der Waals surface area contributed by atoms with E-state index >= 15 is 0 Å². The molecule has 0 saturated carbocycles. The molecule has 0 atom stereocenters. The summed E-state index contributed by atoms with van der Waals surface area (Å²) >= 11 is 0.876. The van der Waals surface area contributed by atoms with Crippen molar-refractivity contribution in [2.24, 2.45) is 4.99 Å². The van der Waals surface area contributed by atoms with E-state index in [4.69, 9.17) is 0 Å². The molecule has 1 aliphatic heterocycles. The van der Waals surface area contributed by atoms with Gasteiger partial charge in [0.15, 0.2) is 5.17 Å². The Kier molecular flexibility index (Phi) is 4.41. The Balaban J connectivity index is 2.21. The van der Waals surface area contributed by atoms with Crippen LogP contribution in [-0.2, 0) is 9.59 Å². The van der Waals surface area contributed by atoms with E-state index in [0.717, 1.165) is 11.8 Å². The molecule has 0 unspecified atom stereocenters. The highest BCUT2D eigenvalue weighted by Crippen LogP contribution is 2.23. The van der Waals surface area contributed by atoms with E-state index in [0.29, 0.717) is 18.5 Å². The van der Waals surface area contributed by atoms with Crippen molar-refractivity contribution in [3.05, 3.63) is 34.7 Å². The molecule has 0 aromatic heterocycles. The number of aliphatic imine (C=N–C) groups is 1. The molecule has 1 heterocycles. The van der Waals surface area contributed by atoms with Crippen molar-refractivity contribution in [3.63, 3.8) is 0 Å². The van der Waals surface area contributed by atoms with Gasteiger partial charge in [0.25, 0.3) is 0 Å². The molecule has 0 bridgehead atoms. The number of nitrogens with one attached hydrogen (secondary N) is 1. The Hall–Kier alpha value is -2.28. The summed E-state index contributed by atoms with van der Waals surface area (Å²) in [6.45, 7) is 0.354. The topological polar surface area (TPSA) is 99.0 Å². The molecule has 0 spiro atoms. The maximum atomic E-state index is 11.2. The average molecular weight is 292 g/mol. The Bertz CT molecular complexity index is 610. The number of amidine groups is 1. The fraction of sp³-hybridized carbons (Fsp3) is 0.154. The number of amides is 1. The fourth-order valence-electron chi connectivity index (χ4n) is 1.54. The number of aliphatic carboxylic acids is 1. The van der Waals surface area contributed by atoms with Crippen LogP contribution in [0.15, 0.2) is 34.2 Å². The number of aromatic hydroxyl groups is 1. The van der Waals surface area contributed by atoms with Crippen molar-refractivity contribution in [2.45, 2.75) is 6.42 Å². The van der Waals surface area contributed by atoms with E-state index in [1.807, 2.05) is 0 Å². The summed E-state index contributed by atoms with van der Waals surface area (Å²) in [5.74, 6) is -1.25. The van der Waals surface area contributed by atoms with Crippen LogP contribution in [0.1, 0.15) is 12.0 Å². The lowest BCUT2D eigenvalue weighted by Crippen LogP contribution is -2.33. The summed E-state index contributed by atoms with van der Waals surface area (Å²) in [4.78, 5) is 26.5. The lowest BCUT2D eigenvalue weighted by Gasteiger charge is -2.12. The minimum Gasteiger partial charge on any atom is -0.508 e. The summed E-state index contributed by atoms with van der Waals surface area (Å²) in [6.07, 6.45) is 1.72. The van der Waals surface area contributed by atoms with Crippen molar-refractivity contribution in [1.29, 1.82) is 0 Å². The second-order valence-corrected chi connectivity index (χ2v) is 5.03. The predicted octanol–water partition coefficient (Wildman–Crippen LogP) is 1.43. The number of rotatable bonds is 3. The summed E-state index contributed by atoms with van der Waals surface area (Å²) < 4.78 is 0. The Morgan fingerprint density at radius 2 is 2.25 bits per heavy atom. The third-order valence-corrected chi connectivity index (χ3v) is 3.36. The number of benzene rings is 1. The molecule has 6 nitrogen and oxygen atoms in total. The molecule has 7 heteroatoms. The second kappa shape index (κ2) is 6.25. The van der Waals surface area contributed by atoms with E-state index in [9.17, 15) is 19.8 Å². The Labute approximate surface area is 119 Å². The zero-order valence-corrected chi connectivity index (χ0v) is 11.2. The standard InChI is InChI=1S/C13H12N2O4S/c16-9-3-1-2-8(6-9)7-10(12(18)19)20-13-14-5-4-11(17)15-13/h1-3,6-7,16H,4-5H2,(H,18,19)(H,14,15,17). The van der Waals surface area contributed by atoms with Crippen LogP contribution in [0.3, 0.4) is 0 Å². The quantitative estimate of drug-likeness (QED) is 0.732. The zero-order valence-electron chi connectivity index (χ0n) is 10.4. The van der Waals surface area contributed by atoms with Crippen LogP contribution in [-0.4, -0.2) is 33.8 Å². The van der Waals surface area contributed by atoms with E-state index < -0.39 is 5.97 Å². The molecular weight excluding hydrogens is 280 g/mol. The SMILES string of the molecule is O=C1CCN=C(SC(=Cc2cccc(O)c2)C(=O)O)N1. The number of carbonyl (C=O) groups excluding carboxylic acids is 1.